The lowest BCUT2D eigenvalue weighted by Gasteiger charge is -2.07. The van der Waals surface area contributed by atoms with Gasteiger partial charge in [0.25, 0.3) is 23.6 Å². The number of carbonyl (C=O) groups is 4. The Morgan fingerprint density at radius 3 is 1.76 bits per heavy atom. The van der Waals surface area contributed by atoms with Crippen molar-refractivity contribution in [2.75, 3.05) is 10.6 Å². The molecule has 6 N–H and O–H groups in total. The van der Waals surface area contributed by atoms with Gasteiger partial charge in [0.2, 0.25) is 0 Å². The van der Waals surface area contributed by atoms with E-state index in [0.717, 1.165) is 23.3 Å². The van der Waals surface area contributed by atoms with Crippen LogP contribution >= 0.6 is 34.0 Å². The molecular formula is C30H21FN8O4S3. The average molecular weight is 673 g/mol. The number of aromatic nitrogens is 4. The number of rotatable bonds is 8. The van der Waals surface area contributed by atoms with E-state index in [1.54, 1.807) is 59.1 Å². The van der Waals surface area contributed by atoms with Crippen molar-refractivity contribution >= 4 is 69.0 Å². The summed E-state index contributed by atoms with van der Waals surface area (Å²) in [4.78, 5) is 64.0. The largest absolute Gasteiger partial charge is 0.366 e. The van der Waals surface area contributed by atoms with Crippen LogP contribution in [0, 0.1) is 5.82 Å². The monoisotopic (exact) mass is 672 g/mol. The van der Waals surface area contributed by atoms with E-state index in [0.29, 0.717) is 20.6 Å². The van der Waals surface area contributed by atoms with Crippen molar-refractivity contribution in [2.45, 2.75) is 0 Å². The van der Waals surface area contributed by atoms with E-state index in [1.165, 1.54) is 40.1 Å². The summed E-state index contributed by atoms with van der Waals surface area (Å²) in [6.07, 6.45) is 6.65. The third kappa shape index (κ3) is 7.68. The van der Waals surface area contributed by atoms with Crippen molar-refractivity contribution in [3.05, 3.63) is 117 Å². The van der Waals surface area contributed by atoms with Crippen molar-refractivity contribution < 1.29 is 23.6 Å². The number of thiophene rings is 1. The molecule has 0 saturated heterocycles. The third-order valence-electron chi connectivity index (χ3n) is 5.92. The number of benzene rings is 1. The van der Waals surface area contributed by atoms with Crippen molar-refractivity contribution in [2.24, 2.45) is 11.5 Å². The summed E-state index contributed by atoms with van der Waals surface area (Å²) >= 11 is 3.83. The van der Waals surface area contributed by atoms with Crippen LogP contribution in [0.2, 0.25) is 0 Å². The minimum Gasteiger partial charge on any atom is -0.366 e. The van der Waals surface area contributed by atoms with E-state index in [4.69, 9.17) is 11.5 Å². The molecule has 0 aliphatic heterocycles. The second kappa shape index (κ2) is 14.4. The van der Waals surface area contributed by atoms with Gasteiger partial charge < -0.3 is 22.1 Å². The minimum absolute atomic E-state index is 0.105. The maximum Gasteiger partial charge on any atom is 0.275 e. The van der Waals surface area contributed by atoms with Crippen molar-refractivity contribution in [3.8, 4) is 21.1 Å². The van der Waals surface area contributed by atoms with Crippen LogP contribution in [0.25, 0.3) is 21.1 Å². The predicted octanol–water partition coefficient (Wildman–Crippen LogP) is 5.31. The highest BCUT2D eigenvalue weighted by Gasteiger charge is 2.18. The molecule has 5 aromatic heterocycles. The van der Waals surface area contributed by atoms with Gasteiger partial charge in [-0.3, -0.25) is 29.1 Å². The number of thiazole rings is 2. The smallest absolute Gasteiger partial charge is 0.275 e. The summed E-state index contributed by atoms with van der Waals surface area (Å²) in [7, 11) is 0. The maximum atomic E-state index is 13.2. The number of nitrogens with one attached hydrogen (secondary N) is 2. The zero-order valence-corrected chi connectivity index (χ0v) is 25.8. The molecule has 0 unspecified atom stereocenters. The molecule has 0 radical (unpaired) electrons. The van der Waals surface area contributed by atoms with Crippen LogP contribution in [-0.4, -0.2) is 43.6 Å². The van der Waals surface area contributed by atoms with E-state index in [-0.39, 0.29) is 28.5 Å². The van der Waals surface area contributed by atoms with Gasteiger partial charge in [-0.05, 0) is 53.9 Å². The Morgan fingerprint density at radius 2 is 1.26 bits per heavy atom. The molecule has 12 nitrogen and oxygen atoms in total. The van der Waals surface area contributed by atoms with Crippen molar-refractivity contribution in [1.82, 2.24) is 19.9 Å². The minimum atomic E-state index is -0.834. The second-order valence-corrected chi connectivity index (χ2v) is 11.7. The van der Waals surface area contributed by atoms with Crippen LogP contribution < -0.4 is 22.1 Å². The van der Waals surface area contributed by atoms with Gasteiger partial charge in [-0.2, -0.15) is 0 Å². The van der Waals surface area contributed by atoms with Crippen LogP contribution in [0.15, 0.2) is 89.5 Å². The van der Waals surface area contributed by atoms with Crippen LogP contribution in [0.4, 0.5) is 15.8 Å². The van der Waals surface area contributed by atoms with E-state index in [2.05, 4.69) is 30.6 Å². The zero-order valence-electron chi connectivity index (χ0n) is 23.3. The Balaban J connectivity index is 0.000000182. The molecule has 0 bridgehead atoms. The van der Waals surface area contributed by atoms with E-state index in [1.807, 2.05) is 12.1 Å². The molecule has 0 fully saturated rings. The molecule has 46 heavy (non-hydrogen) atoms. The van der Waals surface area contributed by atoms with Gasteiger partial charge in [-0.25, -0.2) is 14.4 Å². The summed E-state index contributed by atoms with van der Waals surface area (Å²) in [5, 5.41) is 11.5. The third-order valence-corrected chi connectivity index (χ3v) is 8.63. The van der Waals surface area contributed by atoms with Gasteiger partial charge in [0, 0.05) is 46.7 Å². The van der Waals surface area contributed by atoms with Gasteiger partial charge in [0.1, 0.15) is 32.1 Å². The highest BCUT2D eigenvalue weighted by molar-refractivity contribution is 7.13. The van der Waals surface area contributed by atoms with Gasteiger partial charge in [-0.15, -0.1) is 34.0 Å². The Hall–Kier alpha value is -5.71. The van der Waals surface area contributed by atoms with E-state index in [9.17, 15) is 23.6 Å². The molecule has 0 spiro atoms. The van der Waals surface area contributed by atoms with Gasteiger partial charge in [0.15, 0.2) is 0 Å². The van der Waals surface area contributed by atoms with Gasteiger partial charge in [-0.1, -0.05) is 0 Å². The maximum absolute atomic E-state index is 13.2. The molecular weight excluding hydrogens is 652 g/mol. The number of primary amides is 2. The van der Waals surface area contributed by atoms with E-state index < -0.39 is 23.5 Å². The number of carbonyl (C=O) groups excluding carboxylic acids is 4. The molecule has 0 aliphatic rings. The number of anilines is 2. The normalized spacial score (nSPS) is 10.4. The highest BCUT2D eigenvalue weighted by atomic mass is 32.1. The van der Waals surface area contributed by atoms with Gasteiger partial charge in [0.05, 0.1) is 16.9 Å². The molecule has 16 heteroatoms. The number of hydrogen-bond donors (Lipinski definition) is 4. The number of hydrogen-bond acceptors (Lipinski definition) is 11. The Morgan fingerprint density at radius 1 is 0.696 bits per heavy atom. The van der Waals surface area contributed by atoms with Crippen molar-refractivity contribution in [1.29, 1.82) is 0 Å². The lowest BCUT2D eigenvalue weighted by atomic mass is 10.1. The van der Waals surface area contributed by atoms with Crippen LogP contribution in [0.5, 0.6) is 0 Å². The number of pyridine rings is 2. The molecule has 1 aromatic carbocycles. The summed E-state index contributed by atoms with van der Waals surface area (Å²) in [5.41, 5.74) is 13.0. The first-order valence-corrected chi connectivity index (χ1v) is 15.6. The SMILES string of the molecule is NC(=O)c1cc(F)ccc1NC(=O)c1csc(-c2cccnc2)n1.NC(=O)c1sccc1NC(=O)c1csc(-c2cccnc2)n1. The Labute approximate surface area is 272 Å². The number of nitrogens with two attached hydrogens (primary N) is 2. The summed E-state index contributed by atoms with van der Waals surface area (Å²) in [6.45, 7) is 0. The van der Waals surface area contributed by atoms with Crippen LogP contribution in [0.3, 0.4) is 0 Å². The second-order valence-electron chi connectivity index (χ2n) is 9.05. The van der Waals surface area contributed by atoms with Crippen molar-refractivity contribution in [3.63, 3.8) is 0 Å². The fourth-order valence-corrected chi connectivity index (χ4v) is 6.08. The average Bonchev–Trinajstić information content (AvgIpc) is 3.85. The van der Waals surface area contributed by atoms with Crippen LogP contribution in [-0.2, 0) is 0 Å². The van der Waals surface area contributed by atoms with Gasteiger partial charge >= 0.3 is 0 Å². The summed E-state index contributed by atoms with van der Waals surface area (Å²) < 4.78 is 13.2. The first kappa shape index (κ1) is 31.7. The zero-order chi connectivity index (χ0) is 32.6. The predicted molar refractivity (Wildman–Crippen MR) is 174 cm³/mol. The summed E-state index contributed by atoms with van der Waals surface area (Å²) in [6, 6.07) is 12.3. The first-order chi connectivity index (χ1) is 22.2. The molecule has 230 valence electrons. The topological polar surface area (TPSA) is 196 Å². The molecule has 4 amide bonds. The fraction of sp³-hybridized carbons (Fsp3) is 0. The number of nitrogens with zero attached hydrogens (tertiary/aromatic N) is 4. The highest BCUT2D eigenvalue weighted by Crippen LogP contribution is 2.26. The molecule has 6 aromatic rings. The molecule has 0 atom stereocenters. The lowest BCUT2D eigenvalue weighted by molar-refractivity contribution is 0.0991. The summed E-state index contributed by atoms with van der Waals surface area (Å²) in [5.74, 6) is -2.92. The quantitative estimate of drug-likeness (QED) is 0.167. The van der Waals surface area contributed by atoms with Crippen LogP contribution in [0.1, 0.15) is 41.0 Å². The molecule has 5 heterocycles. The lowest BCUT2D eigenvalue weighted by Crippen LogP contribution is -2.18. The first-order valence-electron chi connectivity index (χ1n) is 13.0. The molecule has 6 rings (SSSR count). The van der Waals surface area contributed by atoms with E-state index >= 15 is 0 Å². The standard InChI is InChI=1S/C16H11FN4O2S.C14H10N4O2S2/c17-10-3-4-12(11(6-10)14(18)22)20-15(23)13-8-24-16(21-13)9-2-1-5-19-7-9;15-12(19)11-9(3-5-21-11)17-13(20)10-7-22-14(18-10)8-2-1-4-16-6-8/h1-8H,(H2,18,22)(H,20,23);1-7H,(H2,15,19)(H,17,20). The molecule has 0 saturated carbocycles. The number of halogens is 1. The Bertz CT molecular complexity index is 2030. The fourth-order valence-electron chi connectivity index (χ4n) is 3.80. The number of amides is 4. The molecule has 0 aliphatic carbocycles. The Kier molecular flexibility index (Phi) is 9.91.